The standard InChI is InChI=1S/C38H78O/c1-4-7-10-13-16-19-21-23-26-29-32-35-38(39)36-37(33-30-27-24-18-15-12-9-6-3)34-31-28-25-22-20-17-14-11-8-5-2/h37-39H,4-36H2,1-3H3. The molecule has 0 saturated heterocycles. The number of rotatable bonds is 34. The summed E-state index contributed by atoms with van der Waals surface area (Å²) < 4.78 is 0. The van der Waals surface area contributed by atoms with Crippen LogP contribution >= 0.6 is 0 Å². The highest BCUT2D eigenvalue weighted by Gasteiger charge is 2.14. The van der Waals surface area contributed by atoms with Crippen LogP contribution in [0.5, 0.6) is 0 Å². The number of unbranched alkanes of at least 4 members (excludes halogenated alkanes) is 26. The maximum absolute atomic E-state index is 10.8. The van der Waals surface area contributed by atoms with Gasteiger partial charge in [-0.2, -0.15) is 0 Å². The van der Waals surface area contributed by atoms with E-state index in [4.69, 9.17) is 0 Å². The van der Waals surface area contributed by atoms with E-state index in [1.807, 2.05) is 0 Å². The predicted molar refractivity (Wildman–Crippen MR) is 179 cm³/mol. The minimum atomic E-state index is -0.0502. The highest BCUT2D eigenvalue weighted by molar-refractivity contribution is 4.67. The summed E-state index contributed by atoms with van der Waals surface area (Å²) in [5, 5.41) is 10.8. The van der Waals surface area contributed by atoms with Crippen LogP contribution in [0.4, 0.5) is 0 Å². The first kappa shape index (κ1) is 39.0. The van der Waals surface area contributed by atoms with E-state index in [9.17, 15) is 5.11 Å². The van der Waals surface area contributed by atoms with Gasteiger partial charge in [0.1, 0.15) is 0 Å². The summed E-state index contributed by atoms with van der Waals surface area (Å²) in [7, 11) is 0. The third-order valence-electron chi connectivity index (χ3n) is 9.18. The molecular weight excluding hydrogens is 472 g/mol. The Labute approximate surface area is 249 Å². The normalized spacial score (nSPS) is 13.2. The van der Waals surface area contributed by atoms with E-state index < -0.39 is 0 Å². The maximum atomic E-state index is 10.8. The van der Waals surface area contributed by atoms with Crippen LogP contribution in [0.1, 0.15) is 233 Å². The Balaban J connectivity index is 3.99. The van der Waals surface area contributed by atoms with Gasteiger partial charge in [0.05, 0.1) is 6.10 Å². The van der Waals surface area contributed by atoms with Crippen molar-refractivity contribution >= 4 is 0 Å². The van der Waals surface area contributed by atoms with Crippen molar-refractivity contribution in [2.45, 2.75) is 239 Å². The third-order valence-corrected chi connectivity index (χ3v) is 9.18. The fraction of sp³-hybridized carbons (Fsp3) is 1.00. The van der Waals surface area contributed by atoms with Crippen molar-refractivity contribution in [2.75, 3.05) is 0 Å². The Morgan fingerprint density at radius 1 is 0.308 bits per heavy atom. The molecule has 39 heavy (non-hydrogen) atoms. The molecule has 0 rings (SSSR count). The molecule has 0 aromatic rings. The second kappa shape index (κ2) is 34.2. The number of hydrogen-bond donors (Lipinski definition) is 1. The number of hydrogen-bond acceptors (Lipinski definition) is 1. The Morgan fingerprint density at radius 2 is 0.538 bits per heavy atom. The molecule has 2 unspecified atom stereocenters. The monoisotopic (exact) mass is 551 g/mol. The highest BCUT2D eigenvalue weighted by Crippen LogP contribution is 2.25. The fourth-order valence-corrected chi connectivity index (χ4v) is 6.41. The van der Waals surface area contributed by atoms with E-state index in [1.165, 1.54) is 199 Å². The molecule has 0 aliphatic rings. The summed E-state index contributed by atoms with van der Waals surface area (Å²) in [5.74, 6) is 0.766. The molecule has 0 saturated carbocycles. The Hall–Kier alpha value is -0.0400. The van der Waals surface area contributed by atoms with Gasteiger partial charge in [0.2, 0.25) is 0 Å². The first-order chi connectivity index (χ1) is 19.2. The summed E-state index contributed by atoms with van der Waals surface area (Å²) in [5.41, 5.74) is 0. The van der Waals surface area contributed by atoms with Crippen LogP contribution in [0.2, 0.25) is 0 Å². The van der Waals surface area contributed by atoms with Crippen molar-refractivity contribution < 1.29 is 5.11 Å². The Kier molecular flexibility index (Phi) is 34.1. The summed E-state index contributed by atoms with van der Waals surface area (Å²) in [6.45, 7) is 6.91. The number of aliphatic hydroxyl groups excluding tert-OH is 1. The second-order valence-electron chi connectivity index (χ2n) is 13.3. The molecule has 1 nitrogen and oxygen atoms in total. The summed E-state index contributed by atoms with van der Waals surface area (Å²) in [4.78, 5) is 0. The molecule has 0 spiro atoms. The molecule has 1 heteroatoms. The largest absolute Gasteiger partial charge is 0.393 e. The summed E-state index contributed by atoms with van der Waals surface area (Å²) in [6.07, 6.45) is 45.6. The minimum absolute atomic E-state index is 0.0502. The lowest BCUT2D eigenvalue weighted by Crippen LogP contribution is -2.14. The van der Waals surface area contributed by atoms with Crippen LogP contribution < -0.4 is 0 Å². The molecular formula is C38H78O. The molecule has 0 aromatic heterocycles. The Bertz CT molecular complexity index is 419. The molecule has 0 aromatic carbocycles. The average Bonchev–Trinajstić information content (AvgIpc) is 2.94. The van der Waals surface area contributed by atoms with Gasteiger partial charge in [-0.25, -0.2) is 0 Å². The second-order valence-corrected chi connectivity index (χ2v) is 13.3. The van der Waals surface area contributed by atoms with Gasteiger partial charge in [-0.1, -0.05) is 220 Å². The van der Waals surface area contributed by atoms with Crippen LogP contribution in [0, 0.1) is 5.92 Å². The van der Waals surface area contributed by atoms with E-state index in [0.717, 1.165) is 18.8 Å². The first-order valence-corrected chi connectivity index (χ1v) is 18.9. The Morgan fingerprint density at radius 3 is 0.821 bits per heavy atom. The molecule has 0 heterocycles. The molecule has 0 bridgehead atoms. The van der Waals surface area contributed by atoms with Gasteiger partial charge in [0.25, 0.3) is 0 Å². The summed E-state index contributed by atoms with van der Waals surface area (Å²) >= 11 is 0. The van der Waals surface area contributed by atoms with Crippen molar-refractivity contribution in [1.29, 1.82) is 0 Å². The molecule has 0 radical (unpaired) electrons. The van der Waals surface area contributed by atoms with Gasteiger partial charge in [-0.05, 0) is 18.8 Å². The van der Waals surface area contributed by atoms with E-state index in [-0.39, 0.29) is 6.10 Å². The van der Waals surface area contributed by atoms with Gasteiger partial charge in [-0.3, -0.25) is 0 Å². The maximum Gasteiger partial charge on any atom is 0.0542 e. The van der Waals surface area contributed by atoms with Gasteiger partial charge in [0, 0.05) is 0 Å². The quantitative estimate of drug-likeness (QED) is 0.0790. The smallest absolute Gasteiger partial charge is 0.0542 e. The lowest BCUT2D eigenvalue weighted by atomic mass is 9.88. The minimum Gasteiger partial charge on any atom is -0.393 e. The molecule has 0 fully saturated rings. The molecule has 1 N–H and O–H groups in total. The van der Waals surface area contributed by atoms with Crippen LogP contribution in [0.15, 0.2) is 0 Å². The zero-order valence-corrected chi connectivity index (χ0v) is 27.9. The van der Waals surface area contributed by atoms with Crippen molar-refractivity contribution in [1.82, 2.24) is 0 Å². The SMILES string of the molecule is CCCCCCCCCCCCCC(O)CC(CCCCCCCCCC)CCCCCCCCCCCC. The summed E-state index contributed by atoms with van der Waals surface area (Å²) in [6, 6.07) is 0. The zero-order chi connectivity index (χ0) is 28.5. The van der Waals surface area contributed by atoms with Crippen molar-refractivity contribution in [2.24, 2.45) is 5.92 Å². The average molecular weight is 551 g/mol. The van der Waals surface area contributed by atoms with Gasteiger partial charge < -0.3 is 5.11 Å². The molecule has 236 valence electrons. The van der Waals surface area contributed by atoms with Gasteiger partial charge in [-0.15, -0.1) is 0 Å². The molecule has 0 aliphatic heterocycles. The lowest BCUT2D eigenvalue weighted by Gasteiger charge is -2.21. The topological polar surface area (TPSA) is 20.2 Å². The van der Waals surface area contributed by atoms with Crippen LogP contribution in [-0.2, 0) is 0 Å². The van der Waals surface area contributed by atoms with E-state index in [0.29, 0.717) is 0 Å². The highest BCUT2D eigenvalue weighted by atomic mass is 16.3. The predicted octanol–water partition coefficient (Wildman–Crippen LogP) is 13.9. The van der Waals surface area contributed by atoms with Crippen LogP contribution in [0.25, 0.3) is 0 Å². The molecule has 0 aliphatic carbocycles. The van der Waals surface area contributed by atoms with Crippen molar-refractivity contribution in [3.05, 3.63) is 0 Å². The molecule has 2 atom stereocenters. The van der Waals surface area contributed by atoms with Gasteiger partial charge >= 0.3 is 0 Å². The van der Waals surface area contributed by atoms with E-state index in [2.05, 4.69) is 20.8 Å². The third kappa shape index (κ3) is 32.3. The zero-order valence-electron chi connectivity index (χ0n) is 27.9. The van der Waals surface area contributed by atoms with Crippen LogP contribution in [0.3, 0.4) is 0 Å². The van der Waals surface area contributed by atoms with E-state index >= 15 is 0 Å². The first-order valence-electron chi connectivity index (χ1n) is 18.9. The van der Waals surface area contributed by atoms with E-state index in [1.54, 1.807) is 0 Å². The van der Waals surface area contributed by atoms with Crippen molar-refractivity contribution in [3.63, 3.8) is 0 Å². The fourth-order valence-electron chi connectivity index (χ4n) is 6.41. The lowest BCUT2D eigenvalue weighted by molar-refractivity contribution is 0.123. The molecule has 0 amide bonds. The van der Waals surface area contributed by atoms with Crippen LogP contribution in [-0.4, -0.2) is 11.2 Å². The van der Waals surface area contributed by atoms with Crippen molar-refractivity contribution in [3.8, 4) is 0 Å². The van der Waals surface area contributed by atoms with Gasteiger partial charge in [0.15, 0.2) is 0 Å². The number of aliphatic hydroxyl groups is 1.